The highest BCUT2D eigenvalue weighted by molar-refractivity contribution is 7.13. The smallest absolute Gasteiger partial charge is 0.169 e. The van der Waals surface area contributed by atoms with Gasteiger partial charge in [0.25, 0.3) is 0 Å². The maximum absolute atomic E-state index is 5.61. The number of nitrogens with zero attached hydrogens (tertiary/aromatic N) is 3. The molecule has 2 aromatic heterocycles. The number of hydrogen-bond donors (Lipinski definition) is 0. The Hall–Kier alpha value is -2.48. The van der Waals surface area contributed by atoms with Gasteiger partial charge in [0.15, 0.2) is 5.82 Å². The molecule has 4 heteroatoms. The van der Waals surface area contributed by atoms with Gasteiger partial charge in [-0.15, -0.1) is 17.8 Å². The number of hydrogen-bond acceptors (Lipinski definition) is 4. The summed E-state index contributed by atoms with van der Waals surface area (Å²) in [5, 5.41) is 2.06. The number of benzene rings is 1. The largest absolute Gasteiger partial charge is 0.294 e. The van der Waals surface area contributed by atoms with Crippen molar-refractivity contribution < 1.29 is 0 Å². The summed E-state index contributed by atoms with van der Waals surface area (Å²) in [4.78, 5) is 12.9. The molecule has 1 aromatic carbocycles. The highest BCUT2D eigenvalue weighted by Gasteiger charge is 2.19. The van der Waals surface area contributed by atoms with Crippen molar-refractivity contribution in [2.45, 2.75) is 19.5 Å². The molecule has 0 spiro atoms. The van der Waals surface area contributed by atoms with Crippen LogP contribution in [-0.2, 0) is 19.5 Å². The molecule has 3 heterocycles. The predicted molar refractivity (Wildman–Crippen MR) is 97.5 cm³/mol. The fourth-order valence-electron chi connectivity index (χ4n) is 3.07. The number of fused-ring (bicyclic) bond motifs is 1. The molecule has 0 saturated heterocycles. The van der Waals surface area contributed by atoms with Crippen LogP contribution in [0.2, 0.25) is 0 Å². The standard InChI is InChI=1S/C20H17N3S/c1-2-15-6-3-4-7-16(15)13-23-10-9-18-17(14-23)12-21-20(22-18)19-8-5-11-24-19/h1,3-8,11-12H,9-10,13-14H2. The molecule has 3 aromatic rings. The molecular weight excluding hydrogens is 314 g/mol. The fraction of sp³-hybridized carbons (Fsp3) is 0.200. The van der Waals surface area contributed by atoms with Gasteiger partial charge in [-0.2, -0.15) is 0 Å². The Labute approximate surface area is 146 Å². The summed E-state index contributed by atoms with van der Waals surface area (Å²) in [7, 11) is 0. The lowest BCUT2D eigenvalue weighted by atomic mass is 10.0. The molecule has 0 fully saturated rings. The molecule has 0 atom stereocenters. The van der Waals surface area contributed by atoms with Gasteiger partial charge in [-0.3, -0.25) is 4.90 Å². The van der Waals surface area contributed by atoms with Crippen molar-refractivity contribution in [3.8, 4) is 23.0 Å². The maximum Gasteiger partial charge on any atom is 0.169 e. The number of thiophene rings is 1. The molecule has 0 saturated carbocycles. The first-order chi connectivity index (χ1) is 11.8. The molecule has 1 aliphatic heterocycles. The Kier molecular flexibility index (Phi) is 4.12. The zero-order valence-electron chi connectivity index (χ0n) is 13.3. The van der Waals surface area contributed by atoms with Crippen molar-refractivity contribution in [1.29, 1.82) is 0 Å². The Morgan fingerprint density at radius 3 is 2.96 bits per heavy atom. The zero-order chi connectivity index (χ0) is 16.4. The number of rotatable bonds is 3. The number of terminal acetylenes is 1. The van der Waals surface area contributed by atoms with E-state index >= 15 is 0 Å². The van der Waals surface area contributed by atoms with Crippen molar-refractivity contribution in [3.05, 3.63) is 70.4 Å². The SMILES string of the molecule is C#Cc1ccccc1CN1CCc2nc(-c3cccs3)ncc2C1. The second-order valence-corrected chi connectivity index (χ2v) is 6.85. The van der Waals surface area contributed by atoms with Gasteiger partial charge in [-0.25, -0.2) is 9.97 Å². The van der Waals surface area contributed by atoms with Crippen molar-refractivity contribution >= 4 is 11.3 Å². The lowest BCUT2D eigenvalue weighted by Crippen LogP contribution is -2.31. The second kappa shape index (κ2) is 6.56. The molecule has 118 valence electrons. The van der Waals surface area contributed by atoms with Crippen LogP contribution in [0.5, 0.6) is 0 Å². The third-order valence-corrected chi connectivity index (χ3v) is 5.19. The topological polar surface area (TPSA) is 29.0 Å². The summed E-state index contributed by atoms with van der Waals surface area (Å²) >= 11 is 1.68. The minimum atomic E-state index is 0.842. The van der Waals surface area contributed by atoms with E-state index in [0.29, 0.717) is 0 Å². The minimum Gasteiger partial charge on any atom is -0.294 e. The van der Waals surface area contributed by atoms with E-state index in [4.69, 9.17) is 11.4 Å². The molecule has 24 heavy (non-hydrogen) atoms. The summed E-state index contributed by atoms with van der Waals surface area (Å²) in [6.45, 7) is 2.73. The lowest BCUT2D eigenvalue weighted by Gasteiger charge is -2.28. The molecule has 3 nitrogen and oxygen atoms in total. The van der Waals surface area contributed by atoms with Gasteiger partial charge in [0.05, 0.1) is 10.6 Å². The van der Waals surface area contributed by atoms with E-state index in [0.717, 1.165) is 42.3 Å². The Bertz CT molecular complexity index is 893. The highest BCUT2D eigenvalue weighted by atomic mass is 32.1. The van der Waals surface area contributed by atoms with Crippen LogP contribution in [-0.4, -0.2) is 21.4 Å². The van der Waals surface area contributed by atoms with Crippen molar-refractivity contribution in [1.82, 2.24) is 14.9 Å². The predicted octanol–water partition coefficient (Wildman–Crippen LogP) is 3.74. The van der Waals surface area contributed by atoms with Gasteiger partial charge in [0.2, 0.25) is 0 Å². The van der Waals surface area contributed by atoms with Crippen LogP contribution < -0.4 is 0 Å². The quantitative estimate of drug-likeness (QED) is 0.685. The molecular formula is C20H17N3S. The first-order valence-electron chi connectivity index (χ1n) is 7.99. The molecule has 0 unspecified atom stereocenters. The monoisotopic (exact) mass is 331 g/mol. The van der Waals surface area contributed by atoms with Crippen LogP contribution in [0, 0.1) is 12.3 Å². The Morgan fingerprint density at radius 1 is 1.21 bits per heavy atom. The zero-order valence-corrected chi connectivity index (χ0v) is 14.1. The van der Waals surface area contributed by atoms with Gasteiger partial charge < -0.3 is 0 Å². The first-order valence-corrected chi connectivity index (χ1v) is 8.87. The Morgan fingerprint density at radius 2 is 2.12 bits per heavy atom. The van der Waals surface area contributed by atoms with E-state index in [2.05, 4.69) is 33.3 Å². The minimum absolute atomic E-state index is 0.842. The molecule has 0 radical (unpaired) electrons. The summed E-state index contributed by atoms with van der Waals surface area (Å²) < 4.78 is 0. The van der Waals surface area contributed by atoms with Gasteiger partial charge in [0, 0.05) is 43.4 Å². The van der Waals surface area contributed by atoms with Crippen LogP contribution in [0.3, 0.4) is 0 Å². The molecule has 4 rings (SSSR count). The van der Waals surface area contributed by atoms with Crippen LogP contribution in [0.25, 0.3) is 10.7 Å². The highest BCUT2D eigenvalue weighted by Crippen LogP contribution is 2.25. The van der Waals surface area contributed by atoms with Crippen LogP contribution in [0.4, 0.5) is 0 Å². The molecule has 1 aliphatic rings. The average Bonchev–Trinajstić information content (AvgIpc) is 3.16. The lowest BCUT2D eigenvalue weighted by molar-refractivity contribution is 0.243. The molecule has 0 bridgehead atoms. The van der Waals surface area contributed by atoms with E-state index in [1.807, 2.05) is 30.5 Å². The normalized spacial score (nSPS) is 14.1. The number of aromatic nitrogens is 2. The summed E-state index contributed by atoms with van der Waals surface area (Å²) in [5.41, 5.74) is 4.58. The van der Waals surface area contributed by atoms with Gasteiger partial charge >= 0.3 is 0 Å². The fourth-order valence-corrected chi connectivity index (χ4v) is 3.74. The van der Waals surface area contributed by atoms with E-state index in [9.17, 15) is 0 Å². The third-order valence-electron chi connectivity index (χ3n) is 4.32. The molecule has 0 aliphatic carbocycles. The van der Waals surface area contributed by atoms with E-state index < -0.39 is 0 Å². The van der Waals surface area contributed by atoms with E-state index in [1.165, 1.54) is 16.8 Å². The van der Waals surface area contributed by atoms with Crippen molar-refractivity contribution in [2.24, 2.45) is 0 Å². The average molecular weight is 331 g/mol. The van der Waals surface area contributed by atoms with Crippen LogP contribution >= 0.6 is 11.3 Å². The first kappa shape index (κ1) is 15.1. The summed E-state index contributed by atoms with van der Waals surface area (Å²) in [6.07, 6.45) is 8.54. The van der Waals surface area contributed by atoms with Gasteiger partial charge in [-0.1, -0.05) is 30.2 Å². The van der Waals surface area contributed by atoms with Crippen LogP contribution in [0.1, 0.15) is 22.4 Å². The summed E-state index contributed by atoms with van der Waals surface area (Å²) in [5.74, 6) is 3.62. The third kappa shape index (κ3) is 2.96. The van der Waals surface area contributed by atoms with Gasteiger partial charge in [-0.05, 0) is 23.1 Å². The summed E-state index contributed by atoms with van der Waals surface area (Å²) in [6, 6.07) is 12.3. The van der Waals surface area contributed by atoms with E-state index in [-0.39, 0.29) is 0 Å². The van der Waals surface area contributed by atoms with Crippen molar-refractivity contribution in [3.63, 3.8) is 0 Å². The van der Waals surface area contributed by atoms with Crippen molar-refractivity contribution in [2.75, 3.05) is 6.54 Å². The maximum atomic E-state index is 5.61. The van der Waals surface area contributed by atoms with E-state index in [1.54, 1.807) is 11.3 Å². The molecule has 0 N–H and O–H groups in total. The second-order valence-electron chi connectivity index (χ2n) is 5.90. The Balaban J connectivity index is 1.53. The van der Waals surface area contributed by atoms with Gasteiger partial charge in [0.1, 0.15) is 0 Å². The molecule has 0 amide bonds. The van der Waals surface area contributed by atoms with Crippen LogP contribution in [0.15, 0.2) is 48.0 Å².